The van der Waals surface area contributed by atoms with E-state index < -0.39 is 22.4 Å². The molecule has 38 heavy (non-hydrogen) atoms. The number of benzene rings is 1. The number of nitrogens with one attached hydrogen (secondary N) is 2. The Labute approximate surface area is 222 Å². The Morgan fingerprint density at radius 2 is 1.97 bits per heavy atom. The SMILES string of the molecule is O=C(Nc1cc2c(c(OC3CCC3)n1)OCC2)c1ccc(NS(=O)(=O)CCO)cc1N1CCC2(CC1)CC2. The number of aliphatic hydroxyl groups is 1. The molecular weight excluding hydrogens is 508 g/mol. The van der Waals surface area contributed by atoms with Gasteiger partial charge < -0.3 is 24.8 Å². The monoisotopic (exact) mass is 542 g/mol. The fourth-order valence-corrected chi connectivity index (χ4v) is 6.26. The Morgan fingerprint density at radius 3 is 2.66 bits per heavy atom. The van der Waals surface area contributed by atoms with Crippen molar-refractivity contribution in [2.45, 2.75) is 57.5 Å². The zero-order valence-electron chi connectivity index (χ0n) is 21.4. The molecule has 0 atom stereocenters. The zero-order valence-corrected chi connectivity index (χ0v) is 22.2. The standard InChI is InChI=1S/C27H34N4O6S/c32-13-15-38(34,35)30-19-4-5-21(22(17-19)31-11-9-27(7-8-27)10-12-31)25(33)28-23-16-18-6-14-36-24(18)26(29-23)37-20-2-1-3-20/h4-5,16-17,20,30,32H,1-3,6-15H2,(H,28,29,33). The van der Waals surface area contributed by atoms with Crippen molar-refractivity contribution < 1.29 is 27.8 Å². The minimum atomic E-state index is -3.70. The molecule has 2 aromatic rings. The number of carbonyl (C=O) groups is 1. The summed E-state index contributed by atoms with van der Waals surface area (Å²) < 4.78 is 38.9. The second-order valence-corrected chi connectivity index (χ2v) is 12.7. The summed E-state index contributed by atoms with van der Waals surface area (Å²) >= 11 is 0. The summed E-state index contributed by atoms with van der Waals surface area (Å²) in [5.41, 5.74) is 2.90. The van der Waals surface area contributed by atoms with Crippen LogP contribution in [0.5, 0.6) is 11.6 Å². The maximum Gasteiger partial charge on any atom is 0.259 e. The van der Waals surface area contributed by atoms with Crippen molar-refractivity contribution in [2.24, 2.45) is 5.41 Å². The zero-order chi connectivity index (χ0) is 26.3. The third-order valence-corrected chi connectivity index (χ3v) is 9.47. The highest BCUT2D eigenvalue weighted by Crippen LogP contribution is 2.54. The fraction of sp³-hybridized carbons (Fsp3) is 0.556. The van der Waals surface area contributed by atoms with Crippen LogP contribution in [-0.4, -0.2) is 62.6 Å². The van der Waals surface area contributed by atoms with Crippen LogP contribution in [0.15, 0.2) is 24.3 Å². The van der Waals surface area contributed by atoms with E-state index in [2.05, 4.69) is 19.9 Å². The Balaban J connectivity index is 1.27. The number of rotatable bonds is 9. The van der Waals surface area contributed by atoms with Gasteiger partial charge in [-0.3, -0.25) is 9.52 Å². The van der Waals surface area contributed by atoms with Crippen molar-refractivity contribution in [3.05, 3.63) is 35.4 Å². The molecule has 2 aliphatic heterocycles. The van der Waals surface area contributed by atoms with Crippen LogP contribution in [0, 0.1) is 5.41 Å². The number of amides is 1. The molecule has 204 valence electrons. The highest BCUT2D eigenvalue weighted by atomic mass is 32.2. The first-order valence-electron chi connectivity index (χ1n) is 13.5. The summed E-state index contributed by atoms with van der Waals surface area (Å²) in [5, 5.41) is 12.0. The number of hydrogen-bond acceptors (Lipinski definition) is 8. The average molecular weight is 543 g/mol. The van der Waals surface area contributed by atoms with Crippen molar-refractivity contribution in [2.75, 3.05) is 47.0 Å². The number of piperidine rings is 1. The Hall–Kier alpha value is -3.05. The lowest BCUT2D eigenvalue weighted by Crippen LogP contribution is -2.35. The predicted octanol–water partition coefficient (Wildman–Crippen LogP) is 3.31. The van der Waals surface area contributed by atoms with E-state index in [1.807, 2.05) is 6.07 Å². The number of carbonyl (C=O) groups excluding carboxylic acids is 1. The van der Waals surface area contributed by atoms with E-state index in [1.165, 1.54) is 12.8 Å². The molecule has 0 radical (unpaired) electrons. The normalized spacial score (nSPS) is 19.9. The van der Waals surface area contributed by atoms with Crippen LogP contribution in [0.2, 0.25) is 0 Å². The van der Waals surface area contributed by atoms with Crippen molar-refractivity contribution in [1.82, 2.24) is 4.98 Å². The number of aromatic nitrogens is 1. The summed E-state index contributed by atoms with van der Waals surface area (Å²) in [6.45, 7) is 1.70. The van der Waals surface area contributed by atoms with Gasteiger partial charge in [0.2, 0.25) is 10.0 Å². The fourth-order valence-electron chi connectivity index (χ4n) is 5.44. The molecule has 11 heteroatoms. The van der Waals surface area contributed by atoms with Crippen molar-refractivity contribution >= 4 is 33.1 Å². The summed E-state index contributed by atoms with van der Waals surface area (Å²) in [6.07, 6.45) is 8.60. The summed E-state index contributed by atoms with van der Waals surface area (Å²) in [4.78, 5) is 20.3. The van der Waals surface area contributed by atoms with Gasteiger partial charge in [0.05, 0.1) is 35.9 Å². The summed E-state index contributed by atoms with van der Waals surface area (Å²) in [7, 11) is -3.70. The van der Waals surface area contributed by atoms with Crippen LogP contribution in [0.3, 0.4) is 0 Å². The smallest absolute Gasteiger partial charge is 0.259 e. The molecule has 3 fully saturated rings. The molecule has 0 bridgehead atoms. The van der Waals surface area contributed by atoms with E-state index in [9.17, 15) is 13.2 Å². The van der Waals surface area contributed by atoms with E-state index >= 15 is 0 Å². The van der Waals surface area contributed by atoms with E-state index in [0.29, 0.717) is 46.4 Å². The number of hydrogen-bond donors (Lipinski definition) is 3. The maximum absolute atomic E-state index is 13.6. The molecule has 3 N–H and O–H groups in total. The van der Waals surface area contributed by atoms with Crippen LogP contribution in [0.4, 0.5) is 17.2 Å². The topological polar surface area (TPSA) is 130 Å². The average Bonchev–Trinajstić information content (AvgIpc) is 3.43. The van der Waals surface area contributed by atoms with Crippen molar-refractivity contribution in [3.63, 3.8) is 0 Å². The van der Waals surface area contributed by atoms with E-state index in [1.54, 1.807) is 18.2 Å². The Kier molecular flexibility index (Phi) is 6.59. The molecular formula is C27H34N4O6S. The third kappa shape index (κ3) is 5.26. The van der Waals surface area contributed by atoms with E-state index in [-0.39, 0.29) is 12.0 Å². The first kappa shape index (κ1) is 25.2. The van der Waals surface area contributed by atoms with Gasteiger partial charge in [-0.05, 0) is 74.6 Å². The second-order valence-electron chi connectivity index (χ2n) is 10.9. The number of nitrogens with zero attached hydrogens (tertiary/aromatic N) is 2. The second kappa shape index (κ2) is 9.92. The first-order chi connectivity index (χ1) is 18.3. The van der Waals surface area contributed by atoms with Crippen LogP contribution >= 0.6 is 0 Å². The quantitative estimate of drug-likeness (QED) is 0.440. The summed E-state index contributed by atoms with van der Waals surface area (Å²) in [6, 6.07) is 6.77. The lowest BCUT2D eigenvalue weighted by molar-refractivity contribution is 0.102. The van der Waals surface area contributed by atoms with Gasteiger partial charge in [-0.1, -0.05) is 0 Å². The molecule has 1 saturated heterocycles. The van der Waals surface area contributed by atoms with Crippen LogP contribution in [0.25, 0.3) is 0 Å². The molecule has 6 rings (SSSR count). The number of anilines is 3. The molecule has 3 heterocycles. The number of aliphatic hydroxyl groups excluding tert-OH is 1. The lowest BCUT2D eigenvalue weighted by Gasteiger charge is -2.35. The summed E-state index contributed by atoms with van der Waals surface area (Å²) in [5.74, 6) is 0.785. The van der Waals surface area contributed by atoms with Crippen LogP contribution < -0.4 is 24.4 Å². The van der Waals surface area contributed by atoms with Crippen molar-refractivity contribution in [3.8, 4) is 11.6 Å². The third-order valence-electron chi connectivity index (χ3n) is 8.21. The Bertz CT molecular complexity index is 1330. The van der Waals surface area contributed by atoms with Gasteiger partial charge in [0.15, 0.2) is 5.75 Å². The van der Waals surface area contributed by atoms with Gasteiger partial charge in [-0.15, -0.1) is 0 Å². The molecule has 2 aliphatic carbocycles. The highest BCUT2D eigenvalue weighted by Gasteiger charge is 2.44. The highest BCUT2D eigenvalue weighted by molar-refractivity contribution is 7.92. The van der Waals surface area contributed by atoms with Gasteiger partial charge in [0, 0.05) is 25.1 Å². The van der Waals surface area contributed by atoms with Gasteiger partial charge in [-0.2, -0.15) is 4.98 Å². The van der Waals surface area contributed by atoms with Gasteiger partial charge >= 0.3 is 0 Å². The van der Waals surface area contributed by atoms with E-state index in [4.69, 9.17) is 14.6 Å². The van der Waals surface area contributed by atoms with E-state index in [0.717, 1.165) is 57.2 Å². The maximum atomic E-state index is 13.6. The van der Waals surface area contributed by atoms with Gasteiger partial charge in [-0.25, -0.2) is 8.42 Å². The molecule has 1 aromatic carbocycles. The minimum Gasteiger partial charge on any atom is -0.487 e. The Morgan fingerprint density at radius 1 is 1.18 bits per heavy atom. The van der Waals surface area contributed by atoms with Crippen LogP contribution in [0.1, 0.15) is 60.9 Å². The molecule has 1 amide bonds. The van der Waals surface area contributed by atoms with Crippen LogP contribution in [-0.2, 0) is 16.4 Å². The van der Waals surface area contributed by atoms with Gasteiger partial charge in [0.25, 0.3) is 11.8 Å². The number of ether oxygens (including phenoxy) is 2. The van der Waals surface area contributed by atoms with Gasteiger partial charge in [0.1, 0.15) is 11.9 Å². The molecule has 10 nitrogen and oxygen atoms in total. The number of fused-ring (bicyclic) bond motifs is 1. The predicted molar refractivity (Wildman–Crippen MR) is 144 cm³/mol. The lowest BCUT2D eigenvalue weighted by atomic mass is 9.93. The molecule has 2 saturated carbocycles. The minimum absolute atomic E-state index is 0.129. The first-order valence-corrected chi connectivity index (χ1v) is 15.1. The number of pyridine rings is 1. The largest absolute Gasteiger partial charge is 0.487 e. The molecule has 1 aromatic heterocycles. The molecule has 0 unspecified atom stereocenters. The molecule has 4 aliphatic rings. The van der Waals surface area contributed by atoms with Crippen molar-refractivity contribution in [1.29, 1.82) is 0 Å². The number of sulfonamides is 1. The molecule has 1 spiro atoms.